The van der Waals surface area contributed by atoms with Gasteiger partial charge in [0.25, 0.3) is 0 Å². The Morgan fingerprint density at radius 1 is 1.35 bits per heavy atom. The first-order valence-corrected chi connectivity index (χ1v) is 7.52. The molecule has 2 aromatic rings. The van der Waals surface area contributed by atoms with E-state index >= 15 is 0 Å². The zero-order valence-corrected chi connectivity index (χ0v) is 13.6. The molecular weight excluding hydrogens is 331 g/mol. The highest BCUT2D eigenvalue weighted by atomic mass is 32.1. The van der Waals surface area contributed by atoms with Gasteiger partial charge in [-0.15, -0.1) is 0 Å². The standard InChI is InChI=1S/C14H16F3N3O2S/c1-13(2,3)22-12(21)20-11-19-10-7(6-18)4-8(14(15,16)17)5-9(10)23-11/h4-5H,6,18H2,1-3H3,(H,19,20,21). The summed E-state index contributed by atoms with van der Waals surface area (Å²) < 4.78 is 44.0. The van der Waals surface area contributed by atoms with Gasteiger partial charge in [-0.05, 0) is 38.5 Å². The number of ether oxygens (including phenoxy) is 1. The van der Waals surface area contributed by atoms with E-state index in [0.717, 1.165) is 23.5 Å². The van der Waals surface area contributed by atoms with Crippen LogP contribution < -0.4 is 11.1 Å². The fourth-order valence-electron chi connectivity index (χ4n) is 1.86. The zero-order chi connectivity index (χ0) is 17.4. The summed E-state index contributed by atoms with van der Waals surface area (Å²) in [6.45, 7) is 5.02. The van der Waals surface area contributed by atoms with Crippen molar-refractivity contribution in [3.8, 4) is 0 Å². The number of alkyl halides is 3. The average molecular weight is 347 g/mol. The van der Waals surface area contributed by atoms with E-state index in [1.165, 1.54) is 0 Å². The molecule has 0 aliphatic carbocycles. The zero-order valence-electron chi connectivity index (χ0n) is 12.7. The number of fused-ring (bicyclic) bond motifs is 1. The van der Waals surface area contributed by atoms with Gasteiger partial charge in [-0.1, -0.05) is 11.3 Å². The third-order valence-corrected chi connectivity index (χ3v) is 3.65. The number of rotatable bonds is 2. The summed E-state index contributed by atoms with van der Waals surface area (Å²) in [6.07, 6.45) is -5.19. The van der Waals surface area contributed by atoms with Crippen molar-refractivity contribution in [2.24, 2.45) is 5.73 Å². The Bertz CT molecular complexity index is 735. The highest BCUT2D eigenvalue weighted by molar-refractivity contribution is 7.22. The van der Waals surface area contributed by atoms with Gasteiger partial charge in [-0.2, -0.15) is 13.2 Å². The van der Waals surface area contributed by atoms with Gasteiger partial charge in [0.1, 0.15) is 5.60 Å². The molecule has 0 unspecified atom stereocenters. The van der Waals surface area contributed by atoms with Gasteiger partial charge >= 0.3 is 12.3 Å². The summed E-state index contributed by atoms with van der Waals surface area (Å²) in [7, 11) is 0. The van der Waals surface area contributed by atoms with Crippen molar-refractivity contribution in [3.05, 3.63) is 23.3 Å². The molecule has 0 radical (unpaired) electrons. The second-order valence-corrected chi connectivity index (χ2v) is 6.86. The fraction of sp³-hybridized carbons (Fsp3) is 0.429. The molecule has 23 heavy (non-hydrogen) atoms. The fourth-order valence-corrected chi connectivity index (χ4v) is 2.80. The molecule has 0 fully saturated rings. The first-order chi connectivity index (χ1) is 10.5. The van der Waals surface area contributed by atoms with E-state index in [0.29, 0.717) is 10.2 Å². The average Bonchev–Trinajstić information content (AvgIpc) is 2.75. The molecule has 0 saturated heterocycles. The summed E-state index contributed by atoms with van der Waals surface area (Å²) in [4.78, 5) is 15.9. The number of nitrogens with two attached hydrogens (primary N) is 1. The van der Waals surface area contributed by atoms with Crippen molar-refractivity contribution >= 4 is 32.8 Å². The lowest BCUT2D eigenvalue weighted by Gasteiger charge is -2.18. The number of hydrogen-bond acceptors (Lipinski definition) is 5. The first-order valence-electron chi connectivity index (χ1n) is 6.70. The van der Waals surface area contributed by atoms with Gasteiger partial charge in [-0.3, -0.25) is 5.32 Å². The van der Waals surface area contributed by atoms with Crippen LogP contribution in [0.5, 0.6) is 0 Å². The first kappa shape index (κ1) is 17.5. The smallest absolute Gasteiger partial charge is 0.416 e. The van der Waals surface area contributed by atoms with E-state index in [-0.39, 0.29) is 17.2 Å². The Morgan fingerprint density at radius 3 is 2.52 bits per heavy atom. The van der Waals surface area contributed by atoms with E-state index in [2.05, 4.69) is 10.3 Å². The van der Waals surface area contributed by atoms with Gasteiger partial charge < -0.3 is 10.5 Å². The van der Waals surface area contributed by atoms with Crippen LogP contribution in [0.4, 0.5) is 23.1 Å². The number of amides is 1. The van der Waals surface area contributed by atoms with Crippen molar-refractivity contribution in [2.75, 3.05) is 5.32 Å². The Hall–Kier alpha value is -1.87. The molecule has 3 N–H and O–H groups in total. The minimum Gasteiger partial charge on any atom is -0.444 e. The third-order valence-electron chi connectivity index (χ3n) is 2.73. The molecule has 0 atom stereocenters. The van der Waals surface area contributed by atoms with Crippen molar-refractivity contribution in [1.29, 1.82) is 0 Å². The molecule has 0 bridgehead atoms. The predicted octanol–water partition coefficient (Wildman–Crippen LogP) is 4.12. The number of carbonyl (C=O) groups is 1. The highest BCUT2D eigenvalue weighted by Crippen LogP contribution is 2.36. The summed E-state index contributed by atoms with van der Waals surface area (Å²) in [5, 5.41) is 2.58. The number of nitrogens with one attached hydrogen (secondary N) is 1. The van der Waals surface area contributed by atoms with Crippen LogP contribution in [0.15, 0.2) is 12.1 Å². The van der Waals surface area contributed by atoms with Gasteiger partial charge in [0, 0.05) is 6.54 Å². The van der Waals surface area contributed by atoms with Crippen LogP contribution in [0.3, 0.4) is 0 Å². The summed E-state index contributed by atoms with van der Waals surface area (Å²) in [6, 6.07) is 1.96. The molecule has 1 aromatic carbocycles. The SMILES string of the molecule is CC(C)(C)OC(=O)Nc1nc2c(CN)cc(C(F)(F)F)cc2s1. The minimum absolute atomic E-state index is 0.0873. The minimum atomic E-state index is -4.47. The number of benzene rings is 1. The largest absolute Gasteiger partial charge is 0.444 e. The maximum absolute atomic E-state index is 12.9. The molecule has 0 aliphatic heterocycles. The van der Waals surface area contributed by atoms with Gasteiger partial charge in [0.15, 0.2) is 5.13 Å². The lowest BCUT2D eigenvalue weighted by atomic mass is 10.1. The molecule has 1 aromatic heterocycles. The van der Waals surface area contributed by atoms with Crippen LogP contribution in [0.1, 0.15) is 31.9 Å². The lowest BCUT2D eigenvalue weighted by Crippen LogP contribution is -2.27. The Labute approximate surface area is 134 Å². The maximum atomic E-state index is 12.9. The molecule has 2 rings (SSSR count). The lowest BCUT2D eigenvalue weighted by molar-refractivity contribution is -0.137. The van der Waals surface area contributed by atoms with Gasteiger partial charge in [-0.25, -0.2) is 9.78 Å². The monoisotopic (exact) mass is 347 g/mol. The number of halogens is 3. The van der Waals surface area contributed by atoms with Gasteiger partial charge in [0.05, 0.1) is 15.8 Å². The van der Waals surface area contributed by atoms with Crippen LogP contribution in [0.25, 0.3) is 10.2 Å². The quantitative estimate of drug-likeness (QED) is 0.857. The second kappa shape index (κ2) is 5.97. The molecule has 5 nitrogen and oxygen atoms in total. The second-order valence-electron chi connectivity index (χ2n) is 5.83. The molecule has 1 heterocycles. The van der Waals surface area contributed by atoms with Crippen molar-refractivity contribution in [3.63, 3.8) is 0 Å². The van der Waals surface area contributed by atoms with Crippen LogP contribution in [-0.4, -0.2) is 16.7 Å². The number of aromatic nitrogens is 1. The normalized spacial score (nSPS) is 12.5. The molecule has 0 aliphatic rings. The molecule has 1 amide bonds. The molecule has 0 spiro atoms. The van der Waals surface area contributed by atoms with E-state index in [1.54, 1.807) is 20.8 Å². The van der Waals surface area contributed by atoms with Crippen LogP contribution in [-0.2, 0) is 17.5 Å². The maximum Gasteiger partial charge on any atom is 0.416 e. The van der Waals surface area contributed by atoms with Crippen molar-refractivity contribution in [2.45, 2.75) is 39.1 Å². The van der Waals surface area contributed by atoms with Crippen molar-refractivity contribution < 1.29 is 22.7 Å². The summed E-state index contributed by atoms with van der Waals surface area (Å²) >= 11 is 0.933. The molecule has 126 valence electrons. The van der Waals surface area contributed by atoms with E-state index in [9.17, 15) is 18.0 Å². The van der Waals surface area contributed by atoms with E-state index < -0.39 is 23.4 Å². The Morgan fingerprint density at radius 2 is 2.00 bits per heavy atom. The van der Waals surface area contributed by atoms with Crippen LogP contribution >= 0.6 is 11.3 Å². The predicted molar refractivity (Wildman–Crippen MR) is 82.4 cm³/mol. The molecular formula is C14H16F3N3O2S. The van der Waals surface area contributed by atoms with Crippen LogP contribution in [0.2, 0.25) is 0 Å². The number of carbonyl (C=O) groups excluding carboxylic acids is 1. The number of hydrogen-bond donors (Lipinski definition) is 2. The topological polar surface area (TPSA) is 77.2 Å². The van der Waals surface area contributed by atoms with Crippen LogP contribution in [0, 0.1) is 0 Å². The Kier molecular flexibility index (Phi) is 4.54. The van der Waals surface area contributed by atoms with E-state index in [1.807, 2.05) is 0 Å². The summed E-state index contributed by atoms with van der Waals surface area (Å²) in [5.41, 5.74) is 4.64. The van der Waals surface area contributed by atoms with Gasteiger partial charge in [0.2, 0.25) is 0 Å². The number of thiazole rings is 1. The molecule has 9 heteroatoms. The third kappa shape index (κ3) is 4.32. The number of anilines is 1. The summed E-state index contributed by atoms with van der Waals surface area (Å²) in [5.74, 6) is 0. The molecule has 0 saturated carbocycles. The highest BCUT2D eigenvalue weighted by Gasteiger charge is 2.32. The van der Waals surface area contributed by atoms with Crippen molar-refractivity contribution in [1.82, 2.24) is 4.98 Å². The number of nitrogens with zero attached hydrogens (tertiary/aromatic N) is 1. The Balaban J connectivity index is 2.36. The van der Waals surface area contributed by atoms with E-state index in [4.69, 9.17) is 10.5 Å².